The van der Waals surface area contributed by atoms with Crippen LogP contribution in [0.3, 0.4) is 0 Å². The van der Waals surface area contributed by atoms with Crippen molar-refractivity contribution >= 4 is 21.8 Å². The lowest BCUT2D eigenvalue weighted by atomic mass is 10.1. The Labute approximate surface area is 97.2 Å². The summed E-state index contributed by atoms with van der Waals surface area (Å²) < 4.78 is 13.0. The van der Waals surface area contributed by atoms with Crippen LogP contribution < -0.4 is 0 Å². The molecule has 0 heterocycles. The molecule has 0 saturated heterocycles. The Morgan fingerprint density at radius 3 is 2.73 bits per heavy atom. The molecule has 0 aromatic heterocycles. The number of hydrogen-bond acceptors (Lipinski definition) is 1. The zero-order chi connectivity index (χ0) is 11.4. The van der Waals surface area contributed by atoms with E-state index in [0.29, 0.717) is 17.7 Å². The number of rotatable bonds is 3. The molecule has 0 unspecified atom stereocenters. The maximum atomic E-state index is 13.0. The van der Waals surface area contributed by atoms with Crippen molar-refractivity contribution in [3.8, 4) is 0 Å². The minimum absolute atomic E-state index is 0.0856. The van der Waals surface area contributed by atoms with E-state index in [1.54, 1.807) is 24.9 Å². The Morgan fingerprint density at radius 2 is 2.20 bits per heavy atom. The molecule has 1 aromatic carbocycles. The lowest BCUT2D eigenvalue weighted by molar-refractivity contribution is 0.0804. The topological polar surface area (TPSA) is 20.3 Å². The van der Waals surface area contributed by atoms with Crippen molar-refractivity contribution in [2.75, 3.05) is 18.9 Å². The van der Waals surface area contributed by atoms with E-state index in [-0.39, 0.29) is 11.7 Å². The summed E-state index contributed by atoms with van der Waals surface area (Å²) in [5, 5.41) is 0.732. The van der Waals surface area contributed by atoms with E-state index in [1.165, 1.54) is 12.1 Å². The maximum absolute atomic E-state index is 13.0. The fourth-order valence-electron chi connectivity index (χ4n) is 1.23. The third-order valence-electron chi connectivity index (χ3n) is 2.17. The molecule has 0 fully saturated rings. The van der Waals surface area contributed by atoms with Gasteiger partial charge in [0, 0.05) is 24.5 Å². The zero-order valence-corrected chi connectivity index (χ0v) is 10.3. The summed E-state index contributed by atoms with van der Waals surface area (Å²) in [6.07, 6.45) is 0. The van der Waals surface area contributed by atoms with Crippen molar-refractivity contribution in [2.45, 2.75) is 6.92 Å². The second-order valence-corrected chi connectivity index (χ2v) is 4.17. The molecule has 0 atom stereocenters. The highest BCUT2D eigenvalue weighted by molar-refractivity contribution is 9.09. The van der Waals surface area contributed by atoms with Crippen LogP contribution in [0.2, 0.25) is 0 Å². The van der Waals surface area contributed by atoms with E-state index < -0.39 is 0 Å². The Bertz CT molecular complexity index is 368. The van der Waals surface area contributed by atoms with Gasteiger partial charge in [0.15, 0.2) is 0 Å². The normalized spacial score (nSPS) is 10.1. The highest BCUT2D eigenvalue weighted by Gasteiger charge is 2.11. The molecular weight excluding hydrogens is 261 g/mol. The average molecular weight is 274 g/mol. The Kier molecular flexibility index (Phi) is 4.27. The van der Waals surface area contributed by atoms with E-state index >= 15 is 0 Å². The van der Waals surface area contributed by atoms with Gasteiger partial charge in [0.2, 0.25) is 0 Å². The van der Waals surface area contributed by atoms with Gasteiger partial charge < -0.3 is 4.90 Å². The van der Waals surface area contributed by atoms with Crippen molar-refractivity contribution in [3.63, 3.8) is 0 Å². The van der Waals surface area contributed by atoms with Crippen LogP contribution >= 0.6 is 15.9 Å². The number of benzene rings is 1. The third-order valence-corrected chi connectivity index (χ3v) is 2.53. The standard InChI is InChI=1S/C11H13BrFNO/c1-8-7-9(3-4-10(8)13)11(15)14(2)6-5-12/h3-4,7H,5-6H2,1-2H3. The summed E-state index contributed by atoms with van der Waals surface area (Å²) in [5.74, 6) is -0.368. The molecule has 1 aromatic rings. The molecular formula is C11H13BrFNO. The number of carbonyl (C=O) groups is 1. The van der Waals surface area contributed by atoms with E-state index in [1.807, 2.05) is 0 Å². The molecule has 0 aliphatic carbocycles. The average Bonchev–Trinajstić information content (AvgIpc) is 2.21. The summed E-state index contributed by atoms with van der Waals surface area (Å²) >= 11 is 3.26. The van der Waals surface area contributed by atoms with Crippen molar-refractivity contribution < 1.29 is 9.18 Å². The number of aryl methyl sites for hydroxylation is 1. The first-order valence-corrected chi connectivity index (χ1v) is 5.76. The molecule has 4 heteroatoms. The van der Waals surface area contributed by atoms with E-state index in [2.05, 4.69) is 15.9 Å². The molecule has 2 nitrogen and oxygen atoms in total. The van der Waals surface area contributed by atoms with Gasteiger partial charge >= 0.3 is 0 Å². The molecule has 15 heavy (non-hydrogen) atoms. The van der Waals surface area contributed by atoms with Crippen molar-refractivity contribution in [3.05, 3.63) is 35.1 Å². The number of nitrogens with zero attached hydrogens (tertiary/aromatic N) is 1. The number of hydrogen-bond donors (Lipinski definition) is 0. The summed E-state index contributed by atoms with van der Waals surface area (Å²) in [6, 6.07) is 4.41. The smallest absolute Gasteiger partial charge is 0.253 e. The lowest BCUT2D eigenvalue weighted by Gasteiger charge is -2.15. The fourth-order valence-corrected chi connectivity index (χ4v) is 1.76. The Morgan fingerprint density at radius 1 is 1.53 bits per heavy atom. The maximum Gasteiger partial charge on any atom is 0.253 e. The quantitative estimate of drug-likeness (QED) is 0.776. The van der Waals surface area contributed by atoms with Crippen LogP contribution in [0, 0.1) is 12.7 Å². The Hall–Kier alpha value is -0.900. The summed E-state index contributed by atoms with van der Waals surface area (Å²) in [6.45, 7) is 2.28. The number of amides is 1. The molecule has 0 spiro atoms. The van der Waals surface area contributed by atoms with Gasteiger partial charge in [0.25, 0.3) is 5.91 Å². The third kappa shape index (κ3) is 3.02. The molecule has 0 bridgehead atoms. The van der Waals surface area contributed by atoms with Gasteiger partial charge in [-0.05, 0) is 30.7 Å². The SMILES string of the molecule is Cc1cc(C(=O)N(C)CCBr)ccc1F. The van der Waals surface area contributed by atoms with Crippen molar-refractivity contribution in [2.24, 2.45) is 0 Å². The molecule has 0 N–H and O–H groups in total. The molecule has 82 valence electrons. The highest BCUT2D eigenvalue weighted by Crippen LogP contribution is 2.11. The van der Waals surface area contributed by atoms with Crippen LogP contribution in [0.25, 0.3) is 0 Å². The van der Waals surface area contributed by atoms with Gasteiger partial charge in [0.05, 0.1) is 0 Å². The van der Waals surface area contributed by atoms with E-state index in [9.17, 15) is 9.18 Å². The van der Waals surface area contributed by atoms with Crippen LogP contribution in [-0.4, -0.2) is 29.7 Å². The van der Waals surface area contributed by atoms with Crippen molar-refractivity contribution in [1.82, 2.24) is 4.90 Å². The molecule has 0 radical (unpaired) electrons. The molecule has 1 rings (SSSR count). The first-order chi connectivity index (χ1) is 7.06. The van der Waals surface area contributed by atoms with Gasteiger partial charge in [-0.15, -0.1) is 0 Å². The van der Waals surface area contributed by atoms with Gasteiger partial charge in [0.1, 0.15) is 5.82 Å². The second kappa shape index (κ2) is 5.26. The van der Waals surface area contributed by atoms with E-state index in [4.69, 9.17) is 0 Å². The monoisotopic (exact) mass is 273 g/mol. The predicted octanol–water partition coefficient (Wildman–Crippen LogP) is 2.60. The molecule has 1 amide bonds. The zero-order valence-electron chi connectivity index (χ0n) is 8.76. The molecule has 0 aliphatic heterocycles. The predicted molar refractivity (Wildman–Crippen MR) is 61.9 cm³/mol. The highest BCUT2D eigenvalue weighted by atomic mass is 79.9. The van der Waals surface area contributed by atoms with Crippen LogP contribution in [0.1, 0.15) is 15.9 Å². The molecule has 0 aliphatic rings. The minimum atomic E-state index is -0.283. The summed E-state index contributed by atoms with van der Waals surface area (Å²) in [7, 11) is 1.72. The van der Waals surface area contributed by atoms with Gasteiger partial charge in [-0.25, -0.2) is 4.39 Å². The largest absolute Gasteiger partial charge is 0.341 e. The number of halogens is 2. The first kappa shape index (κ1) is 12.2. The summed E-state index contributed by atoms with van der Waals surface area (Å²) in [4.78, 5) is 13.4. The minimum Gasteiger partial charge on any atom is -0.341 e. The van der Waals surface area contributed by atoms with Crippen LogP contribution in [0.4, 0.5) is 4.39 Å². The van der Waals surface area contributed by atoms with Crippen molar-refractivity contribution in [1.29, 1.82) is 0 Å². The molecule has 0 saturated carbocycles. The van der Waals surface area contributed by atoms with Gasteiger partial charge in [-0.1, -0.05) is 15.9 Å². The summed E-state index contributed by atoms with van der Waals surface area (Å²) in [5.41, 5.74) is 1.02. The first-order valence-electron chi connectivity index (χ1n) is 4.64. The fraction of sp³-hybridized carbons (Fsp3) is 0.364. The van der Waals surface area contributed by atoms with E-state index in [0.717, 1.165) is 5.33 Å². The van der Waals surface area contributed by atoms with Gasteiger partial charge in [-0.3, -0.25) is 4.79 Å². The van der Waals surface area contributed by atoms with Crippen LogP contribution in [0.5, 0.6) is 0 Å². The second-order valence-electron chi connectivity index (χ2n) is 3.38. The van der Waals surface area contributed by atoms with Gasteiger partial charge in [-0.2, -0.15) is 0 Å². The van der Waals surface area contributed by atoms with Crippen LogP contribution in [-0.2, 0) is 0 Å². The van der Waals surface area contributed by atoms with Crippen LogP contribution in [0.15, 0.2) is 18.2 Å². The lowest BCUT2D eigenvalue weighted by Crippen LogP contribution is -2.28. The Balaban J connectivity index is 2.87. The number of alkyl halides is 1. The number of carbonyl (C=O) groups excluding carboxylic acids is 1.